The Bertz CT molecular complexity index is 857. The number of nitrogens with one attached hydrogen (secondary N) is 1. The molecule has 1 atom stereocenters. The smallest absolute Gasteiger partial charge is 0.239 e. The predicted molar refractivity (Wildman–Crippen MR) is 89.6 cm³/mol. The van der Waals surface area contributed by atoms with Gasteiger partial charge in [0.15, 0.2) is 0 Å². The van der Waals surface area contributed by atoms with E-state index in [0.29, 0.717) is 12.2 Å². The van der Waals surface area contributed by atoms with Crippen molar-refractivity contribution in [1.82, 2.24) is 9.62 Å². The van der Waals surface area contributed by atoms with E-state index in [1.807, 2.05) is 37.3 Å². The number of hydrogen-bond donors (Lipinski definition) is 1. The third-order valence-corrected chi connectivity index (χ3v) is 5.40. The summed E-state index contributed by atoms with van der Waals surface area (Å²) >= 11 is 0. The standard InChI is InChI=1S/C17H20N2O4S/c1-12-7-8-15(23-12)10-18-17(20)16-9-13-5-3-4-6-14(13)11-19(16)24(2,21)22/h3-8,16H,9-11H2,1-2H3,(H,18,20). The van der Waals surface area contributed by atoms with Crippen LogP contribution in [0.5, 0.6) is 0 Å². The zero-order valence-corrected chi connectivity index (χ0v) is 14.5. The lowest BCUT2D eigenvalue weighted by molar-refractivity contribution is -0.125. The molecule has 24 heavy (non-hydrogen) atoms. The van der Waals surface area contributed by atoms with Crippen LogP contribution in [0.3, 0.4) is 0 Å². The summed E-state index contributed by atoms with van der Waals surface area (Å²) in [5.41, 5.74) is 1.94. The highest BCUT2D eigenvalue weighted by Gasteiger charge is 2.36. The molecule has 0 aliphatic carbocycles. The van der Waals surface area contributed by atoms with E-state index in [1.165, 1.54) is 4.31 Å². The molecule has 0 bridgehead atoms. The van der Waals surface area contributed by atoms with E-state index in [9.17, 15) is 13.2 Å². The molecule has 7 heteroatoms. The summed E-state index contributed by atoms with van der Waals surface area (Å²) in [5, 5.41) is 2.78. The van der Waals surface area contributed by atoms with Crippen molar-refractivity contribution >= 4 is 15.9 Å². The third kappa shape index (κ3) is 3.52. The largest absolute Gasteiger partial charge is 0.465 e. The fourth-order valence-corrected chi connectivity index (χ4v) is 3.95. The minimum Gasteiger partial charge on any atom is -0.465 e. The number of aryl methyl sites for hydroxylation is 1. The molecule has 1 N–H and O–H groups in total. The summed E-state index contributed by atoms with van der Waals surface area (Å²) in [7, 11) is -3.49. The molecular formula is C17H20N2O4S. The van der Waals surface area contributed by atoms with Gasteiger partial charge in [0.05, 0.1) is 12.8 Å². The van der Waals surface area contributed by atoms with Crippen molar-refractivity contribution in [2.75, 3.05) is 6.26 Å². The van der Waals surface area contributed by atoms with Crippen molar-refractivity contribution in [3.05, 3.63) is 59.0 Å². The molecule has 1 unspecified atom stereocenters. The summed E-state index contributed by atoms with van der Waals surface area (Å²) in [4.78, 5) is 12.6. The van der Waals surface area contributed by atoms with E-state index < -0.39 is 16.1 Å². The maximum atomic E-state index is 12.6. The molecule has 0 spiro atoms. The second-order valence-corrected chi connectivity index (χ2v) is 7.96. The average Bonchev–Trinajstić information content (AvgIpc) is 2.96. The summed E-state index contributed by atoms with van der Waals surface area (Å²) in [5.74, 6) is 1.09. The van der Waals surface area contributed by atoms with E-state index >= 15 is 0 Å². The Hall–Kier alpha value is -2.12. The van der Waals surface area contributed by atoms with Gasteiger partial charge in [-0.2, -0.15) is 4.31 Å². The molecule has 1 aromatic heterocycles. The minimum absolute atomic E-state index is 0.215. The molecule has 0 saturated carbocycles. The fraction of sp³-hybridized carbons (Fsp3) is 0.353. The lowest BCUT2D eigenvalue weighted by atomic mass is 9.95. The summed E-state index contributed by atoms with van der Waals surface area (Å²) in [6.07, 6.45) is 1.50. The number of amides is 1. The number of carbonyl (C=O) groups is 1. The summed E-state index contributed by atoms with van der Waals surface area (Å²) in [6.45, 7) is 2.28. The van der Waals surface area contributed by atoms with Gasteiger partial charge < -0.3 is 9.73 Å². The molecule has 0 fully saturated rings. The van der Waals surface area contributed by atoms with Gasteiger partial charge in [-0.05, 0) is 36.6 Å². The molecule has 3 rings (SSSR count). The first kappa shape index (κ1) is 16.7. The molecule has 1 amide bonds. The van der Waals surface area contributed by atoms with Gasteiger partial charge in [-0.15, -0.1) is 0 Å². The van der Waals surface area contributed by atoms with Gasteiger partial charge in [0, 0.05) is 6.54 Å². The Morgan fingerprint density at radius 2 is 1.96 bits per heavy atom. The Labute approximate surface area is 141 Å². The lowest BCUT2D eigenvalue weighted by Gasteiger charge is -2.34. The van der Waals surface area contributed by atoms with Gasteiger partial charge in [0.25, 0.3) is 0 Å². The highest BCUT2D eigenvalue weighted by molar-refractivity contribution is 7.88. The minimum atomic E-state index is -3.49. The first-order valence-corrected chi connectivity index (χ1v) is 9.56. The van der Waals surface area contributed by atoms with Crippen molar-refractivity contribution in [3.63, 3.8) is 0 Å². The number of fused-ring (bicyclic) bond motifs is 1. The van der Waals surface area contributed by atoms with Crippen LogP contribution in [0.2, 0.25) is 0 Å². The van der Waals surface area contributed by atoms with Crippen LogP contribution >= 0.6 is 0 Å². The second kappa shape index (κ2) is 6.41. The number of hydrogen-bond acceptors (Lipinski definition) is 4. The van der Waals surface area contributed by atoms with Crippen LogP contribution in [0, 0.1) is 6.92 Å². The number of sulfonamides is 1. The molecule has 2 aromatic rings. The first-order valence-electron chi connectivity index (χ1n) is 7.71. The normalized spacial score (nSPS) is 18.2. The number of benzene rings is 1. The summed E-state index contributed by atoms with van der Waals surface area (Å²) in [6, 6.07) is 10.5. The van der Waals surface area contributed by atoms with E-state index in [4.69, 9.17) is 4.42 Å². The lowest BCUT2D eigenvalue weighted by Crippen LogP contribution is -2.52. The van der Waals surface area contributed by atoms with Gasteiger partial charge in [-0.25, -0.2) is 8.42 Å². The van der Waals surface area contributed by atoms with E-state index in [0.717, 1.165) is 23.1 Å². The second-order valence-electron chi connectivity index (χ2n) is 6.03. The van der Waals surface area contributed by atoms with E-state index in [2.05, 4.69) is 5.32 Å². The first-order chi connectivity index (χ1) is 11.3. The van der Waals surface area contributed by atoms with Crippen molar-refractivity contribution in [3.8, 4) is 0 Å². The van der Waals surface area contributed by atoms with E-state index in [1.54, 1.807) is 6.07 Å². The van der Waals surface area contributed by atoms with Crippen LogP contribution < -0.4 is 5.32 Å². The van der Waals surface area contributed by atoms with Crippen molar-refractivity contribution in [2.24, 2.45) is 0 Å². The van der Waals surface area contributed by atoms with Gasteiger partial charge in [-0.3, -0.25) is 4.79 Å². The molecular weight excluding hydrogens is 328 g/mol. The van der Waals surface area contributed by atoms with Crippen LogP contribution in [0.1, 0.15) is 22.6 Å². The van der Waals surface area contributed by atoms with Crippen molar-refractivity contribution in [1.29, 1.82) is 0 Å². The Balaban J connectivity index is 1.79. The number of carbonyl (C=O) groups excluding carboxylic acids is 1. The number of nitrogens with zero attached hydrogens (tertiary/aromatic N) is 1. The van der Waals surface area contributed by atoms with Crippen molar-refractivity contribution in [2.45, 2.75) is 32.5 Å². The Kier molecular flexibility index (Phi) is 4.47. The van der Waals surface area contributed by atoms with Crippen LogP contribution in [0.4, 0.5) is 0 Å². The van der Waals surface area contributed by atoms with Crippen LogP contribution in [0.25, 0.3) is 0 Å². The quantitative estimate of drug-likeness (QED) is 0.910. The molecule has 1 aliphatic rings. The monoisotopic (exact) mass is 348 g/mol. The number of rotatable bonds is 4. The Morgan fingerprint density at radius 1 is 1.25 bits per heavy atom. The molecule has 6 nitrogen and oxygen atoms in total. The van der Waals surface area contributed by atoms with Gasteiger partial charge in [-0.1, -0.05) is 24.3 Å². The van der Waals surface area contributed by atoms with Gasteiger partial charge in [0.1, 0.15) is 17.6 Å². The van der Waals surface area contributed by atoms with Crippen LogP contribution in [-0.4, -0.2) is 30.9 Å². The van der Waals surface area contributed by atoms with Gasteiger partial charge >= 0.3 is 0 Å². The fourth-order valence-electron chi connectivity index (χ4n) is 2.94. The zero-order chi connectivity index (χ0) is 17.3. The molecule has 128 valence electrons. The zero-order valence-electron chi connectivity index (χ0n) is 13.7. The van der Waals surface area contributed by atoms with Gasteiger partial charge in [0.2, 0.25) is 15.9 Å². The Morgan fingerprint density at radius 3 is 2.58 bits per heavy atom. The average molecular weight is 348 g/mol. The van der Waals surface area contributed by atoms with Crippen molar-refractivity contribution < 1.29 is 17.6 Å². The predicted octanol–water partition coefficient (Wildman–Crippen LogP) is 1.59. The topological polar surface area (TPSA) is 79.6 Å². The molecule has 2 heterocycles. The SMILES string of the molecule is Cc1ccc(CNC(=O)C2Cc3ccccc3CN2S(C)(=O)=O)o1. The highest BCUT2D eigenvalue weighted by Crippen LogP contribution is 2.25. The molecule has 1 aromatic carbocycles. The highest BCUT2D eigenvalue weighted by atomic mass is 32.2. The number of furan rings is 1. The maximum Gasteiger partial charge on any atom is 0.239 e. The van der Waals surface area contributed by atoms with E-state index in [-0.39, 0.29) is 19.0 Å². The van der Waals surface area contributed by atoms with Crippen LogP contribution in [0.15, 0.2) is 40.8 Å². The molecule has 0 radical (unpaired) electrons. The summed E-state index contributed by atoms with van der Waals surface area (Å²) < 4.78 is 30.9. The van der Waals surface area contributed by atoms with Crippen LogP contribution in [-0.2, 0) is 34.3 Å². The third-order valence-electron chi connectivity index (χ3n) is 4.17. The molecule has 1 aliphatic heterocycles. The maximum absolute atomic E-state index is 12.6. The molecule has 0 saturated heterocycles.